The van der Waals surface area contributed by atoms with Gasteiger partial charge in [-0.25, -0.2) is 0 Å². The first-order valence-electron chi connectivity index (χ1n) is 9.91. The van der Waals surface area contributed by atoms with Crippen LogP contribution in [0.4, 0.5) is 0 Å². The Labute approximate surface area is 175 Å². The first-order chi connectivity index (χ1) is 14.6. The Morgan fingerprint density at radius 1 is 0.733 bits per heavy atom. The van der Waals surface area contributed by atoms with Gasteiger partial charge in [-0.1, -0.05) is 72.8 Å². The molecule has 0 aliphatic rings. The molecule has 4 rings (SSSR count). The van der Waals surface area contributed by atoms with Gasteiger partial charge in [0.1, 0.15) is 0 Å². The lowest BCUT2D eigenvalue weighted by Crippen LogP contribution is -2.34. The van der Waals surface area contributed by atoms with Crippen molar-refractivity contribution in [2.75, 3.05) is 0 Å². The number of benzene rings is 3. The summed E-state index contributed by atoms with van der Waals surface area (Å²) in [5.41, 5.74) is 1.66. The van der Waals surface area contributed by atoms with Crippen molar-refractivity contribution in [3.63, 3.8) is 0 Å². The largest absolute Gasteiger partial charge is 0.618 e. The maximum Gasteiger partial charge on any atom is 0.259 e. The molecular formula is C26H21NO3. The number of rotatable bonds is 7. The van der Waals surface area contributed by atoms with E-state index in [9.17, 15) is 14.8 Å². The Balaban J connectivity index is 1.72. The number of aromatic nitrogens is 1. The number of fused-ring (bicyclic) bond motifs is 1. The van der Waals surface area contributed by atoms with Crippen LogP contribution in [0.1, 0.15) is 45.2 Å². The van der Waals surface area contributed by atoms with Gasteiger partial charge in [-0.15, -0.1) is 0 Å². The summed E-state index contributed by atoms with van der Waals surface area (Å²) in [6, 6.07) is 27.7. The summed E-state index contributed by atoms with van der Waals surface area (Å²) in [7, 11) is 0. The van der Waals surface area contributed by atoms with Gasteiger partial charge in [0.15, 0.2) is 12.0 Å². The van der Waals surface area contributed by atoms with Gasteiger partial charge in [-0.2, -0.15) is 4.73 Å². The lowest BCUT2D eigenvalue weighted by molar-refractivity contribution is -0.607. The maximum absolute atomic E-state index is 13.0. The summed E-state index contributed by atoms with van der Waals surface area (Å²) < 4.78 is 0.585. The fraction of sp³-hybridized carbons (Fsp3) is 0.115. The summed E-state index contributed by atoms with van der Waals surface area (Å²) in [5, 5.41) is 14.1. The van der Waals surface area contributed by atoms with Crippen LogP contribution in [0.3, 0.4) is 0 Å². The number of Topliss-reactive ketones (excluding diaryl/α,β-unsaturated/α-hetero) is 2. The van der Waals surface area contributed by atoms with E-state index in [1.54, 1.807) is 24.3 Å². The van der Waals surface area contributed by atoms with Crippen molar-refractivity contribution < 1.29 is 14.3 Å². The number of carbonyl (C=O) groups excluding carboxylic acids is 2. The van der Waals surface area contributed by atoms with Crippen LogP contribution >= 0.6 is 0 Å². The minimum Gasteiger partial charge on any atom is -0.618 e. The van der Waals surface area contributed by atoms with Crippen molar-refractivity contribution in [2.24, 2.45) is 0 Å². The Bertz CT molecular complexity index is 1200. The van der Waals surface area contributed by atoms with Crippen molar-refractivity contribution in [3.8, 4) is 0 Å². The molecule has 4 nitrogen and oxygen atoms in total. The Morgan fingerprint density at radius 2 is 1.40 bits per heavy atom. The summed E-state index contributed by atoms with van der Waals surface area (Å²) in [4.78, 5) is 25.9. The van der Waals surface area contributed by atoms with Crippen LogP contribution < -0.4 is 4.73 Å². The molecule has 1 heterocycles. The molecule has 0 saturated carbocycles. The number of hydrogen-bond acceptors (Lipinski definition) is 3. The molecule has 0 saturated heterocycles. The minimum absolute atomic E-state index is 0.0237. The van der Waals surface area contributed by atoms with Gasteiger partial charge in [0.2, 0.25) is 5.78 Å². The molecule has 0 N–H and O–H groups in total. The minimum atomic E-state index is -0.337. The van der Waals surface area contributed by atoms with Crippen LogP contribution in [0.15, 0.2) is 97.2 Å². The van der Waals surface area contributed by atoms with Crippen LogP contribution in [0.2, 0.25) is 0 Å². The topological polar surface area (TPSA) is 61.1 Å². The van der Waals surface area contributed by atoms with E-state index < -0.39 is 0 Å². The van der Waals surface area contributed by atoms with E-state index in [1.807, 2.05) is 60.7 Å². The van der Waals surface area contributed by atoms with Gasteiger partial charge in [-0.3, -0.25) is 9.59 Å². The van der Waals surface area contributed by atoms with E-state index in [2.05, 4.69) is 0 Å². The van der Waals surface area contributed by atoms with E-state index in [1.165, 1.54) is 12.3 Å². The second kappa shape index (κ2) is 8.70. The highest BCUT2D eigenvalue weighted by Gasteiger charge is 2.25. The van der Waals surface area contributed by atoms with Crippen LogP contribution in [0.25, 0.3) is 10.8 Å². The normalized spacial score (nSPS) is 11.9. The molecule has 0 unspecified atom stereocenters. The van der Waals surface area contributed by atoms with Crippen molar-refractivity contribution in [3.05, 3.63) is 119 Å². The molecule has 4 aromatic rings. The van der Waals surface area contributed by atoms with Crippen molar-refractivity contribution in [1.82, 2.24) is 0 Å². The molecule has 0 aliphatic carbocycles. The number of carbonyl (C=O) groups is 2. The average Bonchev–Trinajstić information content (AvgIpc) is 2.79. The highest BCUT2D eigenvalue weighted by atomic mass is 16.5. The number of hydrogen-bond donors (Lipinski definition) is 0. The van der Waals surface area contributed by atoms with E-state index in [0.717, 1.165) is 16.3 Å². The van der Waals surface area contributed by atoms with Crippen LogP contribution in [-0.2, 0) is 0 Å². The van der Waals surface area contributed by atoms with Gasteiger partial charge in [-0.05, 0) is 28.3 Å². The fourth-order valence-corrected chi connectivity index (χ4v) is 3.84. The smallest absolute Gasteiger partial charge is 0.259 e. The number of ketones is 2. The van der Waals surface area contributed by atoms with Crippen molar-refractivity contribution in [2.45, 2.75) is 18.8 Å². The molecular weight excluding hydrogens is 374 g/mol. The molecule has 0 bridgehead atoms. The van der Waals surface area contributed by atoms with Crippen LogP contribution in [0, 0.1) is 5.21 Å². The first kappa shape index (κ1) is 19.5. The monoisotopic (exact) mass is 395 g/mol. The van der Waals surface area contributed by atoms with Crippen molar-refractivity contribution in [1.29, 1.82) is 0 Å². The molecule has 1 atom stereocenters. The van der Waals surface area contributed by atoms with Crippen molar-refractivity contribution >= 4 is 22.3 Å². The quantitative estimate of drug-likeness (QED) is 0.248. The fourth-order valence-electron chi connectivity index (χ4n) is 3.84. The second-order valence-corrected chi connectivity index (χ2v) is 7.30. The number of nitrogens with zero attached hydrogens (tertiary/aromatic N) is 1. The molecule has 30 heavy (non-hydrogen) atoms. The highest BCUT2D eigenvalue weighted by Crippen LogP contribution is 2.32. The van der Waals surface area contributed by atoms with Crippen LogP contribution in [0.5, 0.6) is 0 Å². The molecule has 3 aromatic carbocycles. The molecule has 4 heteroatoms. The van der Waals surface area contributed by atoms with E-state index in [-0.39, 0.29) is 36.0 Å². The molecule has 0 fully saturated rings. The maximum atomic E-state index is 13.0. The molecule has 1 aromatic heterocycles. The molecule has 0 aliphatic heterocycles. The van der Waals surface area contributed by atoms with Gasteiger partial charge >= 0.3 is 0 Å². The predicted molar refractivity (Wildman–Crippen MR) is 116 cm³/mol. The Kier molecular flexibility index (Phi) is 5.66. The summed E-state index contributed by atoms with van der Waals surface area (Å²) in [6.45, 7) is 0. The molecule has 0 radical (unpaired) electrons. The second-order valence-electron chi connectivity index (χ2n) is 7.30. The van der Waals surface area contributed by atoms with Gasteiger partial charge in [0.05, 0.1) is 0 Å². The molecule has 0 amide bonds. The number of pyridine rings is 1. The van der Waals surface area contributed by atoms with Gasteiger partial charge < -0.3 is 5.21 Å². The van der Waals surface area contributed by atoms with Gasteiger partial charge in [0, 0.05) is 30.5 Å². The lowest BCUT2D eigenvalue weighted by Gasteiger charge is -2.18. The SMILES string of the molecule is O=C(C[C@H](CC(=O)c1cccc[n+]1[O-])c1cccc2ccccc12)c1ccccc1. The van der Waals surface area contributed by atoms with Crippen LogP contribution in [-0.4, -0.2) is 11.6 Å². The third kappa shape index (κ3) is 4.13. The Hall–Kier alpha value is -3.79. The van der Waals surface area contributed by atoms with Gasteiger partial charge in [0.25, 0.3) is 5.69 Å². The highest BCUT2D eigenvalue weighted by molar-refractivity contribution is 5.99. The van der Waals surface area contributed by atoms with E-state index in [0.29, 0.717) is 10.3 Å². The first-order valence-corrected chi connectivity index (χ1v) is 9.91. The molecule has 0 spiro atoms. The summed E-state index contributed by atoms with van der Waals surface area (Å²) in [6.07, 6.45) is 1.59. The lowest BCUT2D eigenvalue weighted by atomic mass is 9.84. The van der Waals surface area contributed by atoms with E-state index >= 15 is 0 Å². The third-order valence-electron chi connectivity index (χ3n) is 5.33. The third-order valence-corrected chi connectivity index (χ3v) is 5.33. The summed E-state index contributed by atoms with van der Waals surface area (Å²) in [5.74, 6) is -0.634. The zero-order valence-corrected chi connectivity index (χ0v) is 16.4. The predicted octanol–water partition coefficient (Wildman–Crippen LogP) is 5.10. The molecule has 148 valence electrons. The average molecular weight is 395 g/mol. The standard InChI is InChI=1S/C26H21NO3/c28-25(20-10-2-1-3-11-20)17-21(18-26(29)24-15-6-7-16-27(24)30)23-14-8-12-19-9-4-5-13-22(19)23/h1-16,21H,17-18H2/t21-/m1/s1. The Morgan fingerprint density at radius 3 is 2.20 bits per heavy atom. The summed E-state index contributed by atoms with van der Waals surface area (Å²) >= 11 is 0. The van der Waals surface area contributed by atoms with E-state index in [4.69, 9.17) is 0 Å². The zero-order valence-electron chi connectivity index (χ0n) is 16.4. The zero-order chi connectivity index (χ0) is 20.9.